The van der Waals surface area contributed by atoms with Crippen LogP contribution < -0.4 is 15.1 Å². The molecule has 0 bridgehead atoms. The number of esters is 1. The molecule has 1 aliphatic heterocycles. The van der Waals surface area contributed by atoms with Gasteiger partial charge in [0.1, 0.15) is 12.2 Å². The number of rotatable bonds is 5. The summed E-state index contributed by atoms with van der Waals surface area (Å²) >= 11 is 0. The van der Waals surface area contributed by atoms with Crippen molar-refractivity contribution in [3.8, 4) is 11.5 Å². The summed E-state index contributed by atoms with van der Waals surface area (Å²) in [4.78, 5) is 35.1. The summed E-state index contributed by atoms with van der Waals surface area (Å²) in [7, 11) is 0. The van der Waals surface area contributed by atoms with Crippen LogP contribution in [0.1, 0.15) is 11.1 Å². The Morgan fingerprint density at radius 1 is 1.09 bits per heavy atom. The molecule has 1 aromatic heterocycles. The first-order chi connectivity index (χ1) is 16.0. The van der Waals surface area contributed by atoms with Crippen LogP contribution in [0.25, 0.3) is 27.8 Å². The van der Waals surface area contributed by atoms with Gasteiger partial charge in [-0.2, -0.15) is 0 Å². The number of benzene rings is 3. The van der Waals surface area contributed by atoms with Gasteiger partial charge in [0.25, 0.3) is 5.69 Å². The van der Waals surface area contributed by atoms with Crippen LogP contribution in [-0.4, -0.2) is 17.7 Å². The van der Waals surface area contributed by atoms with E-state index < -0.39 is 16.5 Å². The molecule has 0 N–H and O–H groups in total. The highest BCUT2D eigenvalue weighted by molar-refractivity contribution is 6.07. The Hall–Kier alpha value is -4.66. The second kappa shape index (κ2) is 8.12. The molecule has 3 aromatic carbocycles. The van der Waals surface area contributed by atoms with Gasteiger partial charge in [-0.25, -0.2) is 9.59 Å². The maximum absolute atomic E-state index is 12.4. The van der Waals surface area contributed by atoms with Crippen LogP contribution in [0.4, 0.5) is 5.69 Å². The van der Waals surface area contributed by atoms with E-state index in [4.69, 9.17) is 18.6 Å². The molecule has 9 heteroatoms. The second-order valence-electron chi connectivity index (χ2n) is 7.21. The Labute approximate surface area is 185 Å². The largest absolute Gasteiger partial charge is 0.458 e. The minimum atomic E-state index is -0.733. The van der Waals surface area contributed by atoms with Crippen LogP contribution in [0.3, 0.4) is 0 Å². The summed E-state index contributed by atoms with van der Waals surface area (Å²) in [6, 6.07) is 15.1. The van der Waals surface area contributed by atoms with Gasteiger partial charge < -0.3 is 18.6 Å². The molecule has 33 heavy (non-hydrogen) atoms. The van der Waals surface area contributed by atoms with E-state index in [1.165, 1.54) is 24.3 Å². The Morgan fingerprint density at radius 2 is 1.88 bits per heavy atom. The number of nitro benzene ring substituents is 1. The summed E-state index contributed by atoms with van der Waals surface area (Å²) < 4.78 is 21.0. The summed E-state index contributed by atoms with van der Waals surface area (Å²) in [5.41, 5.74) is 0.252. The highest BCUT2D eigenvalue weighted by Crippen LogP contribution is 2.38. The molecule has 0 saturated heterocycles. The van der Waals surface area contributed by atoms with Gasteiger partial charge in [0.15, 0.2) is 11.5 Å². The Kier molecular flexibility index (Phi) is 4.98. The molecular formula is C24H15NO8. The SMILES string of the molecule is O=C(C=Cc1cc2c(cc1[N+](=O)[O-])OCO2)OCc1cc(=O)oc2ccc3ccccc3c12. The zero-order chi connectivity index (χ0) is 22.9. The van der Waals surface area contributed by atoms with Gasteiger partial charge in [0, 0.05) is 23.1 Å². The summed E-state index contributed by atoms with van der Waals surface area (Å²) in [5.74, 6) is -0.116. The van der Waals surface area contributed by atoms with Crippen molar-refractivity contribution in [1.82, 2.24) is 0 Å². The molecule has 0 saturated carbocycles. The number of nitro groups is 1. The molecule has 1 aliphatic rings. The predicted molar refractivity (Wildman–Crippen MR) is 118 cm³/mol. The van der Waals surface area contributed by atoms with E-state index in [0.29, 0.717) is 22.3 Å². The normalized spacial score (nSPS) is 12.5. The molecule has 0 amide bonds. The van der Waals surface area contributed by atoms with Gasteiger partial charge in [-0.05, 0) is 29.0 Å². The number of carbonyl (C=O) groups is 1. The first-order valence-corrected chi connectivity index (χ1v) is 9.87. The van der Waals surface area contributed by atoms with Gasteiger partial charge in [-0.1, -0.05) is 30.3 Å². The van der Waals surface area contributed by atoms with Crippen molar-refractivity contribution >= 4 is 39.5 Å². The summed E-state index contributed by atoms with van der Waals surface area (Å²) in [5, 5.41) is 13.8. The standard InChI is InChI=1S/C24H15NO8/c26-22(8-6-15-9-20-21(32-13-31-20)11-18(15)25(28)29)30-12-16-10-23(27)33-19-7-5-14-3-1-2-4-17(14)24(16)19/h1-11H,12-13H2. The Balaban J connectivity index is 1.41. The number of hydrogen-bond donors (Lipinski definition) is 0. The lowest BCUT2D eigenvalue weighted by atomic mass is 10.0. The fraction of sp³-hybridized carbons (Fsp3) is 0.0833. The molecular weight excluding hydrogens is 430 g/mol. The fourth-order valence-corrected chi connectivity index (χ4v) is 3.73. The van der Waals surface area contributed by atoms with Gasteiger partial charge >= 0.3 is 11.6 Å². The van der Waals surface area contributed by atoms with Crippen LogP contribution in [0.2, 0.25) is 0 Å². The predicted octanol–water partition coefficient (Wildman–Crippen LogP) is 4.34. The van der Waals surface area contributed by atoms with Gasteiger partial charge in [-0.3, -0.25) is 10.1 Å². The van der Waals surface area contributed by atoms with Crippen molar-refractivity contribution in [1.29, 1.82) is 0 Å². The van der Waals surface area contributed by atoms with Crippen LogP contribution in [0, 0.1) is 10.1 Å². The molecule has 164 valence electrons. The van der Waals surface area contributed by atoms with E-state index in [-0.39, 0.29) is 30.4 Å². The smallest absolute Gasteiger partial charge is 0.336 e. The summed E-state index contributed by atoms with van der Waals surface area (Å²) in [6.07, 6.45) is 2.35. The Morgan fingerprint density at radius 3 is 2.70 bits per heavy atom. The summed E-state index contributed by atoms with van der Waals surface area (Å²) in [6.45, 7) is -0.210. The van der Waals surface area contributed by atoms with Crippen LogP contribution in [-0.2, 0) is 16.1 Å². The van der Waals surface area contributed by atoms with Crippen molar-refractivity contribution in [2.24, 2.45) is 0 Å². The van der Waals surface area contributed by atoms with E-state index in [1.54, 1.807) is 6.07 Å². The lowest BCUT2D eigenvalue weighted by Gasteiger charge is -2.09. The van der Waals surface area contributed by atoms with Crippen molar-refractivity contribution in [3.63, 3.8) is 0 Å². The number of ether oxygens (including phenoxy) is 3. The van der Waals surface area contributed by atoms with Gasteiger partial charge in [0.2, 0.25) is 6.79 Å². The molecule has 5 rings (SSSR count). The molecule has 2 heterocycles. The first-order valence-electron chi connectivity index (χ1n) is 9.87. The topological polar surface area (TPSA) is 118 Å². The molecule has 0 fully saturated rings. The van der Waals surface area contributed by atoms with E-state index in [2.05, 4.69) is 0 Å². The molecule has 0 aliphatic carbocycles. The quantitative estimate of drug-likeness (QED) is 0.111. The second-order valence-corrected chi connectivity index (χ2v) is 7.21. The fourth-order valence-electron chi connectivity index (χ4n) is 3.73. The molecule has 0 radical (unpaired) electrons. The van der Waals surface area contributed by atoms with Gasteiger partial charge in [0.05, 0.1) is 16.6 Å². The van der Waals surface area contributed by atoms with Gasteiger partial charge in [-0.15, -0.1) is 0 Å². The monoisotopic (exact) mass is 445 g/mol. The number of nitrogens with zero attached hydrogens (tertiary/aromatic N) is 1. The highest BCUT2D eigenvalue weighted by atomic mass is 16.7. The van der Waals surface area contributed by atoms with Crippen molar-refractivity contribution in [2.75, 3.05) is 6.79 Å². The number of hydrogen-bond acceptors (Lipinski definition) is 8. The third-order valence-corrected chi connectivity index (χ3v) is 5.20. The molecule has 0 spiro atoms. The third kappa shape index (κ3) is 3.87. The minimum absolute atomic E-state index is 0.0323. The van der Waals surface area contributed by atoms with E-state index in [0.717, 1.165) is 16.8 Å². The van der Waals surface area contributed by atoms with E-state index >= 15 is 0 Å². The van der Waals surface area contributed by atoms with Crippen molar-refractivity contribution in [2.45, 2.75) is 6.61 Å². The van der Waals surface area contributed by atoms with Crippen molar-refractivity contribution in [3.05, 3.63) is 92.3 Å². The first kappa shape index (κ1) is 20.3. The maximum atomic E-state index is 12.4. The average molecular weight is 445 g/mol. The van der Waals surface area contributed by atoms with Crippen LogP contribution in [0.5, 0.6) is 11.5 Å². The Bertz CT molecular complexity index is 1520. The minimum Gasteiger partial charge on any atom is -0.458 e. The zero-order valence-corrected chi connectivity index (χ0v) is 17.0. The molecule has 0 atom stereocenters. The van der Waals surface area contributed by atoms with Crippen molar-refractivity contribution < 1.29 is 28.3 Å². The zero-order valence-electron chi connectivity index (χ0n) is 17.0. The molecule has 4 aromatic rings. The number of carbonyl (C=O) groups excluding carboxylic acids is 1. The molecule has 9 nitrogen and oxygen atoms in total. The number of fused-ring (bicyclic) bond motifs is 4. The third-order valence-electron chi connectivity index (χ3n) is 5.20. The van der Waals surface area contributed by atoms with Crippen LogP contribution >= 0.6 is 0 Å². The maximum Gasteiger partial charge on any atom is 0.336 e. The van der Waals surface area contributed by atoms with E-state index in [1.807, 2.05) is 30.3 Å². The van der Waals surface area contributed by atoms with E-state index in [9.17, 15) is 19.7 Å². The lowest BCUT2D eigenvalue weighted by Crippen LogP contribution is -2.06. The van der Waals surface area contributed by atoms with Crippen LogP contribution in [0.15, 0.2) is 69.9 Å². The molecule has 0 unspecified atom stereocenters. The lowest BCUT2D eigenvalue weighted by molar-refractivity contribution is -0.385. The average Bonchev–Trinajstić information content (AvgIpc) is 3.27. The highest BCUT2D eigenvalue weighted by Gasteiger charge is 2.22.